The normalized spacial score (nSPS) is 11.5. The van der Waals surface area contributed by atoms with Gasteiger partial charge in [-0.05, 0) is 44.0 Å². The Bertz CT molecular complexity index is 474. The molecule has 0 aliphatic rings. The molecule has 6 heteroatoms. The Kier molecular flexibility index (Phi) is 4.89. The van der Waals surface area contributed by atoms with E-state index in [9.17, 15) is 12.8 Å². The highest BCUT2D eigenvalue weighted by molar-refractivity contribution is 7.92. The van der Waals surface area contributed by atoms with Gasteiger partial charge in [-0.25, -0.2) is 12.8 Å². The maximum atomic E-state index is 13.2. The van der Waals surface area contributed by atoms with Crippen molar-refractivity contribution in [3.05, 3.63) is 29.6 Å². The first kappa shape index (κ1) is 13.9. The monoisotopic (exact) mass is 260 g/mol. The number of halogens is 1. The predicted octanol–water partition coefficient (Wildman–Crippen LogP) is 1.61. The zero-order chi connectivity index (χ0) is 12.9. The molecular formula is C11H17FN2O2S. The molecule has 4 nitrogen and oxygen atoms in total. The predicted molar refractivity (Wildman–Crippen MR) is 66.8 cm³/mol. The SMILES string of the molecule is Cc1ccc(NS(=O)(=O)CCCCN)cc1F. The first-order valence-electron chi connectivity index (χ1n) is 5.41. The van der Waals surface area contributed by atoms with Crippen molar-refractivity contribution in [2.75, 3.05) is 17.0 Å². The Hall–Kier alpha value is -1.14. The molecule has 0 saturated carbocycles. The molecule has 0 spiro atoms. The van der Waals surface area contributed by atoms with Crippen LogP contribution in [-0.4, -0.2) is 20.7 Å². The molecule has 17 heavy (non-hydrogen) atoms. The second-order valence-electron chi connectivity index (χ2n) is 3.88. The Morgan fingerprint density at radius 2 is 2.06 bits per heavy atom. The molecule has 96 valence electrons. The highest BCUT2D eigenvalue weighted by atomic mass is 32.2. The molecule has 0 aliphatic heterocycles. The molecule has 0 aromatic heterocycles. The van der Waals surface area contributed by atoms with Crippen molar-refractivity contribution in [2.45, 2.75) is 19.8 Å². The van der Waals surface area contributed by atoms with Crippen molar-refractivity contribution in [1.82, 2.24) is 0 Å². The number of rotatable bonds is 6. The smallest absolute Gasteiger partial charge is 0.232 e. The van der Waals surface area contributed by atoms with E-state index in [1.807, 2.05) is 0 Å². The van der Waals surface area contributed by atoms with Crippen LogP contribution < -0.4 is 10.5 Å². The lowest BCUT2D eigenvalue weighted by molar-refractivity contribution is 0.596. The van der Waals surface area contributed by atoms with Crippen molar-refractivity contribution in [3.8, 4) is 0 Å². The van der Waals surface area contributed by atoms with E-state index < -0.39 is 15.8 Å². The third-order valence-corrected chi connectivity index (χ3v) is 3.69. The van der Waals surface area contributed by atoms with Gasteiger partial charge in [0.05, 0.1) is 11.4 Å². The fourth-order valence-electron chi connectivity index (χ4n) is 1.32. The molecule has 1 aromatic rings. The molecule has 3 N–H and O–H groups in total. The summed E-state index contributed by atoms with van der Waals surface area (Å²) in [5.41, 5.74) is 6.02. The number of aryl methyl sites for hydroxylation is 1. The molecule has 1 aromatic carbocycles. The standard InChI is InChI=1S/C11H17FN2O2S/c1-9-4-5-10(8-11(9)12)14-17(15,16)7-3-2-6-13/h4-5,8,14H,2-3,6-7,13H2,1H3. The van der Waals surface area contributed by atoms with Crippen LogP contribution in [0.15, 0.2) is 18.2 Å². The number of anilines is 1. The van der Waals surface area contributed by atoms with Crippen LogP contribution in [0.5, 0.6) is 0 Å². The zero-order valence-electron chi connectivity index (χ0n) is 9.74. The fraction of sp³-hybridized carbons (Fsp3) is 0.455. The van der Waals surface area contributed by atoms with E-state index in [1.165, 1.54) is 12.1 Å². The number of nitrogens with two attached hydrogens (primary N) is 1. The average Bonchev–Trinajstić information content (AvgIpc) is 2.23. The van der Waals surface area contributed by atoms with Crippen LogP contribution in [0.25, 0.3) is 0 Å². The van der Waals surface area contributed by atoms with Crippen LogP contribution in [-0.2, 0) is 10.0 Å². The van der Waals surface area contributed by atoms with E-state index in [-0.39, 0.29) is 11.4 Å². The van der Waals surface area contributed by atoms with E-state index in [0.29, 0.717) is 24.9 Å². The van der Waals surface area contributed by atoms with Crippen LogP contribution >= 0.6 is 0 Å². The number of hydrogen-bond acceptors (Lipinski definition) is 3. The van der Waals surface area contributed by atoms with Crippen molar-refractivity contribution in [3.63, 3.8) is 0 Å². The number of sulfonamides is 1. The van der Waals surface area contributed by atoms with E-state index in [4.69, 9.17) is 5.73 Å². The van der Waals surface area contributed by atoms with E-state index in [1.54, 1.807) is 13.0 Å². The molecular weight excluding hydrogens is 243 g/mol. The van der Waals surface area contributed by atoms with Gasteiger partial charge in [0.1, 0.15) is 5.82 Å². The molecule has 0 amide bonds. The van der Waals surface area contributed by atoms with Gasteiger partial charge in [0.2, 0.25) is 10.0 Å². The summed E-state index contributed by atoms with van der Waals surface area (Å²) < 4.78 is 38.7. The maximum Gasteiger partial charge on any atom is 0.232 e. The minimum absolute atomic E-state index is 0.000302. The summed E-state index contributed by atoms with van der Waals surface area (Å²) >= 11 is 0. The van der Waals surface area contributed by atoms with Gasteiger partial charge in [-0.2, -0.15) is 0 Å². The third-order valence-electron chi connectivity index (χ3n) is 2.31. The van der Waals surface area contributed by atoms with E-state index >= 15 is 0 Å². The Morgan fingerprint density at radius 1 is 1.35 bits per heavy atom. The van der Waals surface area contributed by atoms with Gasteiger partial charge < -0.3 is 5.73 Å². The van der Waals surface area contributed by atoms with E-state index in [2.05, 4.69) is 4.72 Å². The lowest BCUT2D eigenvalue weighted by Gasteiger charge is -2.08. The summed E-state index contributed by atoms with van der Waals surface area (Å²) in [6.07, 6.45) is 1.16. The summed E-state index contributed by atoms with van der Waals surface area (Å²) in [6, 6.07) is 4.25. The van der Waals surface area contributed by atoms with Gasteiger partial charge in [0, 0.05) is 0 Å². The molecule has 0 aliphatic carbocycles. The largest absolute Gasteiger partial charge is 0.330 e. The zero-order valence-corrected chi connectivity index (χ0v) is 10.6. The minimum atomic E-state index is -3.41. The third kappa shape index (κ3) is 4.70. The topological polar surface area (TPSA) is 72.2 Å². The lowest BCUT2D eigenvalue weighted by Crippen LogP contribution is -2.17. The fourth-order valence-corrected chi connectivity index (χ4v) is 2.50. The Morgan fingerprint density at radius 3 is 2.65 bits per heavy atom. The minimum Gasteiger partial charge on any atom is -0.330 e. The van der Waals surface area contributed by atoms with Gasteiger partial charge in [-0.1, -0.05) is 6.07 Å². The second kappa shape index (κ2) is 5.97. The van der Waals surface area contributed by atoms with Gasteiger partial charge in [0.25, 0.3) is 0 Å². The van der Waals surface area contributed by atoms with Gasteiger partial charge >= 0.3 is 0 Å². The number of nitrogens with one attached hydrogen (secondary N) is 1. The summed E-state index contributed by atoms with van der Waals surface area (Å²) in [5.74, 6) is -0.424. The van der Waals surface area contributed by atoms with Crippen LogP contribution in [0, 0.1) is 12.7 Å². The average molecular weight is 260 g/mol. The molecule has 1 rings (SSSR count). The Balaban J connectivity index is 2.66. The highest BCUT2D eigenvalue weighted by Gasteiger charge is 2.10. The molecule has 0 unspecified atom stereocenters. The number of benzene rings is 1. The molecule has 0 fully saturated rings. The van der Waals surface area contributed by atoms with Crippen molar-refractivity contribution < 1.29 is 12.8 Å². The summed E-state index contributed by atoms with van der Waals surface area (Å²) in [4.78, 5) is 0. The first-order valence-corrected chi connectivity index (χ1v) is 7.06. The van der Waals surface area contributed by atoms with Gasteiger partial charge in [0.15, 0.2) is 0 Å². The van der Waals surface area contributed by atoms with Crippen LogP contribution in [0.2, 0.25) is 0 Å². The van der Waals surface area contributed by atoms with Crippen molar-refractivity contribution in [1.29, 1.82) is 0 Å². The molecule has 0 bridgehead atoms. The first-order chi connectivity index (χ1) is 7.94. The van der Waals surface area contributed by atoms with Crippen molar-refractivity contribution in [2.24, 2.45) is 5.73 Å². The Labute approximate surface area is 101 Å². The molecule has 0 saturated heterocycles. The second-order valence-corrected chi connectivity index (χ2v) is 5.72. The van der Waals surface area contributed by atoms with Gasteiger partial charge in [-0.3, -0.25) is 4.72 Å². The van der Waals surface area contributed by atoms with Crippen LogP contribution in [0.4, 0.5) is 10.1 Å². The van der Waals surface area contributed by atoms with Gasteiger partial charge in [-0.15, -0.1) is 0 Å². The number of hydrogen-bond donors (Lipinski definition) is 2. The van der Waals surface area contributed by atoms with Crippen molar-refractivity contribution >= 4 is 15.7 Å². The lowest BCUT2D eigenvalue weighted by atomic mass is 10.2. The van der Waals surface area contributed by atoms with Crippen LogP contribution in [0.3, 0.4) is 0 Å². The summed E-state index contributed by atoms with van der Waals surface area (Å²) in [7, 11) is -3.41. The molecule has 0 atom stereocenters. The van der Waals surface area contributed by atoms with E-state index in [0.717, 1.165) is 0 Å². The summed E-state index contributed by atoms with van der Waals surface area (Å²) in [5, 5.41) is 0. The highest BCUT2D eigenvalue weighted by Crippen LogP contribution is 2.15. The maximum absolute atomic E-state index is 13.2. The summed E-state index contributed by atoms with van der Waals surface area (Å²) in [6.45, 7) is 2.09. The quantitative estimate of drug-likeness (QED) is 0.763. The van der Waals surface area contributed by atoms with Crippen LogP contribution in [0.1, 0.15) is 18.4 Å². The molecule has 0 radical (unpaired) electrons. The number of unbranched alkanes of at least 4 members (excludes halogenated alkanes) is 1. The molecule has 0 heterocycles.